The van der Waals surface area contributed by atoms with Gasteiger partial charge < -0.3 is 4.74 Å². The number of rotatable bonds is 3. The number of hydrogen-bond donors (Lipinski definition) is 0. The van der Waals surface area contributed by atoms with Crippen molar-refractivity contribution in [3.63, 3.8) is 0 Å². The molecular formula is C16H17OSi. The van der Waals surface area contributed by atoms with Gasteiger partial charge in [0.2, 0.25) is 0 Å². The Morgan fingerprint density at radius 3 is 2.22 bits per heavy atom. The van der Waals surface area contributed by atoms with Crippen LogP contribution in [0.1, 0.15) is 18.1 Å². The van der Waals surface area contributed by atoms with Crippen molar-refractivity contribution in [3.8, 4) is 16.9 Å². The van der Waals surface area contributed by atoms with E-state index in [1.54, 1.807) is 0 Å². The average molecular weight is 253 g/mol. The molecule has 0 fully saturated rings. The van der Waals surface area contributed by atoms with E-state index in [-0.39, 0.29) is 0 Å². The normalized spacial score (nSPS) is 10.4. The van der Waals surface area contributed by atoms with Gasteiger partial charge in [0.15, 0.2) is 0 Å². The Bertz CT molecular complexity index is 538. The van der Waals surface area contributed by atoms with Crippen molar-refractivity contribution in [2.45, 2.75) is 20.8 Å². The molecule has 1 nitrogen and oxygen atoms in total. The van der Waals surface area contributed by atoms with E-state index < -0.39 is 0 Å². The number of ether oxygens (including phenoxy) is 1. The van der Waals surface area contributed by atoms with E-state index in [0.717, 1.165) is 10.9 Å². The lowest BCUT2D eigenvalue weighted by atomic mass is 9.95. The van der Waals surface area contributed by atoms with Gasteiger partial charge in [-0.05, 0) is 55.2 Å². The van der Waals surface area contributed by atoms with Crippen molar-refractivity contribution >= 4 is 15.4 Å². The van der Waals surface area contributed by atoms with E-state index in [1.165, 1.54) is 22.3 Å². The number of benzene rings is 2. The average Bonchev–Trinajstić information content (AvgIpc) is 2.31. The second-order valence-corrected chi connectivity index (χ2v) is 4.95. The van der Waals surface area contributed by atoms with Crippen LogP contribution in [0.15, 0.2) is 36.4 Å². The van der Waals surface area contributed by atoms with Crippen LogP contribution in [-0.2, 0) is 0 Å². The third-order valence-corrected chi connectivity index (χ3v) is 3.45. The van der Waals surface area contributed by atoms with Gasteiger partial charge in [-0.2, -0.15) is 0 Å². The van der Waals surface area contributed by atoms with Gasteiger partial charge in [0.05, 0.1) is 16.8 Å². The Morgan fingerprint density at radius 1 is 1.06 bits per heavy atom. The van der Waals surface area contributed by atoms with Crippen LogP contribution >= 0.6 is 0 Å². The lowest BCUT2D eigenvalue weighted by molar-refractivity contribution is 0.340. The molecular weight excluding hydrogens is 236 g/mol. The van der Waals surface area contributed by atoms with Crippen LogP contribution in [0.3, 0.4) is 0 Å². The van der Waals surface area contributed by atoms with E-state index in [9.17, 15) is 0 Å². The molecule has 0 N–H and O–H groups in total. The molecule has 0 aromatic heterocycles. The zero-order valence-corrected chi connectivity index (χ0v) is 12.1. The first-order valence-electron chi connectivity index (χ1n) is 6.18. The molecule has 0 saturated heterocycles. The van der Waals surface area contributed by atoms with Gasteiger partial charge in [-0.1, -0.05) is 29.5 Å². The molecule has 0 aliphatic heterocycles. The fourth-order valence-electron chi connectivity index (χ4n) is 2.30. The minimum Gasteiger partial charge on any atom is -0.494 e. The van der Waals surface area contributed by atoms with Crippen molar-refractivity contribution in [2.24, 2.45) is 0 Å². The third kappa shape index (κ3) is 2.49. The molecule has 2 heteroatoms. The molecule has 0 aliphatic rings. The molecule has 18 heavy (non-hydrogen) atoms. The SMILES string of the molecule is CCOc1cc(C)c(-c2ccccc2[Si])c(C)c1. The lowest BCUT2D eigenvalue weighted by Gasteiger charge is -2.15. The molecule has 0 aliphatic carbocycles. The molecule has 0 bridgehead atoms. The highest BCUT2D eigenvalue weighted by atomic mass is 28.1. The third-order valence-electron chi connectivity index (χ3n) is 3.01. The number of aryl methyl sites for hydroxylation is 2. The Balaban J connectivity index is 2.56. The summed E-state index contributed by atoms with van der Waals surface area (Å²) in [6.45, 7) is 6.96. The van der Waals surface area contributed by atoms with Gasteiger partial charge >= 0.3 is 0 Å². The maximum atomic E-state index is 5.58. The minimum atomic E-state index is 0.701. The Labute approximate surface area is 112 Å². The zero-order chi connectivity index (χ0) is 13.1. The fourth-order valence-corrected chi connectivity index (χ4v) is 2.60. The van der Waals surface area contributed by atoms with Gasteiger partial charge in [0.1, 0.15) is 5.75 Å². The van der Waals surface area contributed by atoms with Crippen LogP contribution in [0.25, 0.3) is 11.1 Å². The quantitative estimate of drug-likeness (QED) is 0.764. The summed E-state index contributed by atoms with van der Waals surface area (Å²) in [5.41, 5.74) is 4.99. The molecule has 2 aromatic rings. The molecule has 0 heterocycles. The monoisotopic (exact) mass is 253 g/mol. The highest BCUT2D eigenvalue weighted by Crippen LogP contribution is 2.29. The molecule has 2 rings (SSSR count). The summed E-state index contributed by atoms with van der Waals surface area (Å²) < 4.78 is 5.58. The van der Waals surface area contributed by atoms with Crippen LogP contribution in [-0.4, -0.2) is 16.8 Å². The summed E-state index contributed by atoms with van der Waals surface area (Å²) in [6.07, 6.45) is 0. The summed E-state index contributed by atoms with van der Waals surface area (Å²) in [5.74, 6) is 0.947. The van der Waals surface area contributed by atoms with E-state index in [2.05, 4.69) is 54.4 Å². The Kier molecular flexibility index (Phi) is 3.87. The predicted octanol–water partition coefficient (Wildman–Crippen LogP) is 3.16. The van der Waals surface area contributed by atoms with Crippen LogP contribution < -0.4 is 9.92 Å². The predicted molar refractivity (Wildman–Crippen MR) is 77.9 cm³/mol. The van der Waals surface area contributed by atoms with E-state index in [1.807, 2.05) is 13.0 Å². The second kappa shape index (κ2) is 5.40. The largest absolute Gasteiger partial charge is 0.494 e. The minimum absolute atomic E-state index is 0.701. The Hall–Kier alpha value is -1.54. The van der Waals surface area contributed by atoms with Crippen LogP contribution in [0.2, 0.25) is 0 Å². The first-order chi connectivity index (χ1) is 8.63. The molecule has 3 radical (unpaired) electrons. The molecule has 0 spiro atoms. The first kappa shape index (κ1) is 12.9. The topological polar surface area (TPSA) is 9.23 Å². The summed E-state index contributed by atoms with van der Waals surface area (Å²) in [5, 5.41) is 1.12. The van der Waals surface area contributed by atoms with Crippen molar-refractivity contribution in [2.75, 3.05) is 6.61 Å². The van der Waals surface area contributed by atoms with Gasteiger partial charge in [0.25, 0.3) is 0 Å². The van der Waals surface area contributed by atoms with Crippen molar-refractivity contribution in [1.82, 2.24) is 0 Å². The Morgan fingerprint density at radius 2 is 1.67 bits per heavy atom. The van der Waals surface area contributed by atoms with E-state index >= 15 is 0 Å². The van der Waals surface area contributed by atoms with Crippen LogP contribution in [0, 0.1) is 13.8 Å². The fraction of sp³-hybridized carbons (Fsp3) is 0.250. The van der Waals surface area contributed by atoms with E-state index in [4.69, 9.17) is 4.74 Å². The molecule has 0 atom stereocenters. The van der Waals surface area contributed by atoms with E-state index in [0.29, 0.717) is 6.61 Å². The van der Waals surface area contributed by atoms with Gasteiger partial charge in [-0.3, -0.25) is 0 Å². The highest BCUT2D eigenvalue weighted by Gasteiger charge is 2.09. The first-order valence-corrected chi connectivity index (χ1v) is 6.68. The molecule has 91 valence electrons. The summed E-state index contributed by atoms with van der Waals surface area (Å²) in [7, 11) is 3.67. The lowest BCUT2D eigenvalue weighted by Crippen LogP contribution is -2.07. The van der Waals surface area contributed by atoms with Gasteiger partial charge in [-0.25, -0.2) is 0 Å². The summed E-state index contributed by atoms with van der Waals surface area (Å²) in [4.78, 5) is 0. The smallest absolute Gasteiger partial charge is 0.119 e. The molecule has 0 saturated carbocycles. The van der Waals surface area contributed by atoms with Crippen LogP contribution in [0.5, 0.6) is 5.75 Å². The summed E-state index contributed by atoms with van der Waals surface area (Å²) >= 11 is 0. The summed E-state index contributed by atoms with van der Waals surface area (Å²) in [6, 6.07) is 12.5. The van der Waals surface area contributed by atoms with Crippen molar-refractivity contribution < 1.29 is 4.74 Å². The maximum Gasteiger partial charge on any atom is 0.119 e. The van der Waals surface area contributed by atoms with Gasteiger partial charge in [-0.15, -0.1) is 0 Å². The zero-order valence-electron chi connectivity index (χ0n) is 11.1. The van der Waals surface area contributed by atoms with Crippen LogP contribution in [0.4, 0.5) is 0 Å². The van der Waals surface area contributed by atoms with Gasteiger partial charge in [0, 0.05) is 0 Å². The second-order valence-electron chi connectivity index (χ2n) is 4.41. The highest BCUT2D eigenvalue weighted by molar-refractivity contribution is 6.36. The number of hydrogen-bond acceptors (Lipinski definition) is 1. The molecule has 0 unspecified atom stereocenters. The van der Waals surface area contributed by atoms with Crippen molar-refractivity contribution in [3.05, 3.63) is 47.5 Å². The molecule has 0 amide bonds. The maximum absolute atomic E-state index is 5.58. The van der Waals surface area contributed by atoms with Crippen molar-refractivity contribution in [1.29, 1.82) is 0 Å². The standard InChI is InChI=1S/C16H17OSi/c1-4-17-13-9-11(2)16(12(3)10-13)14-7-5-6-8-15(14)18/h5-10H,4H2,1-3H3. The molecule has 2 aromatic carbocycles.